The number of ketones is 1. The normalized spacial score (nSPS) is 14.7. The number of carbonyl (C=O) groups excluding carboxylic acids is 2. The molecule has 1 heterocycles. The van der Waals surface area contributed by atoms with Gasteiger partial charge in [-0.25, -0.2) is 0 Å². The van der Waals surface area contributed by atoms with Crippen LogP contribution in [-0.2, 0) is 9.53 Å². The minimum atomic E-state index is -0.516. The van der Waals surface area contributed by atoms with Gasteiger partial charge in [0.15, 0.2) is 0 Å². The average molecular weight is 205 g/mol. The van der Waals surface area contributed by atoms with Crippen molar-refractivity contribution in [2.45, 2.75) is 6.92 Å². The van der Waals surface area contributed by atoms with Crippen LogP contribution in [0.3, 0.4) is 0 Å². The van der Waals surface area contributed by atoms with Gasteiger partial charge in [0.05, 0.1) is 11.3 Å². The van der Waals surface area contributed by atoms with Crippen molar-refractivity contribution in [2.24, 2.45) is 0 Å². The summed E-state index contributed by atoms with van der Waals surface area (Å²) in [5.74, 6) is -0.969. The van der Waals surface area contributed by atoms with E-state index >= 15 is 0 Å². The first-order valence-electron chi connectivity index (χ1n) is 4.61. The third-order valence-corrected chi connectivity index (χ3v) is 2.39. The molecule has 0 fully saturated rings. The van der Waals surface area contributed by atoms with Gasteiger partial charge in [0.1, 0.15) is 6.73 Å². The minimum Gasteiger partial charge on any atom is -0.364 e. The van der Waals surface area contributed by atoms with Gasteiger partial charge in [-0.2, -0.15) is 0 Å². The van der Waals surface area contributed by atoms with E-state index in [4.69, 9.17) is 4.74 Å². The van der Waals surface area contributed by atoms with Gasteiger partial charge < -0.3 is 4.74 Å². The molecule has 1 aliphatic heterocycles. The van der Waals surface area contributed by atoms with Gasteiger partial charge in [0.2, 0.25) is 0 Å². The molecule has 0 atom stereocenters. The van der Waals surface area contributed by atoms with E-state index in [0.29, 0.717) is 11.3 Å². The van der Waals surface area contributed by atoms with Crippen LogP contribution < -0.4 is 4.90 Å². The lowest BCUT2D eigenvalue weighted by atomic mass is 10.1. The number of hydrogen-bond donors (Lipinski definition) is 0. The van der Waals surface area contributed by atoms with Gasteiger partial charge in [0.25, 0.3) is 5.78 Å². The molecule has 0 spiro atoms. The Balaban J connectivity index is 2.50. The highest BCUT2D eigenvalue weighted by molar-refractivity contribution is 6.52. The van der Waals surface area contributed by atoms with Gasteiger partial charge in [-0.05, 0) is 19.1 Å². The Kier molecular flexibility index (Phi) is 2.28. The summed E-state index contributed by atoms with van der Waals surface area (Å²) < 4.78 is 4.88. The zero-order chi connectivity index (χ0) is 11.0. The van der Waals surface area contributed by atoms with E-state index in [1.165, 1.54) is 12.0 Å². The molecule has 0 N–H and O–H groups in total. The second-order valence-electron chi connectivity index (χ2n) is 3.50. The van der Waals surface area contributed by atoms with Crippen molar-refractivity contribution in [1.29, 1.82) is 0 Å². The van der Waals surface area contributed by atoms with Crippen LogP contribution >= 0.6 is 0 Å². The lowest BCUT2D eigenvalue weighted by Gasteiger charge is -2.14. The standard InChI is InChI=1S/C11H11NO3/c1-7-3-4-9-8(5-7)10(13)11(14)12(9)6-15-2/h3-5H,6H2,1-2H3. The van der Waals surface area contributed by atoms with Crippen molar-refractivity contribution < 1.29 is 14.3 Å². The summed E-state index contributed by atoms with van der Waals surface area (Å²) in [6, 6.07) is 5.37. The van der Waals surface area contributed by atoms with E-state index in [-0.39, 0.29) is 6.73 Å². The molecule has 1 aliphatic rings. The molecule has 0 bridgehead atoms. The molecule has 1 amide bonds. The first-order valence-corrected chi connectivity index (χ1v) is 4.61. The SMILES string of the molecule is COCN1C(=O)C(=O)c2cc(C)ccc21. The lowest BCUT2D eigenvalue weighted by Crippen LogP contribution is -2.31. The molecular weight excluding hydrogens is 194 g/mol. The summed E-state index contributed by atoms with van der Waals surface area (Å²) in [4.78, 5) is 24.5. The first-order chi connectivity index (χ1) is 7.15. The number of Topliss-reactive ketones (excluding diaryl/α,β-unsaturated/α-hetero) is 1. The van der Waals surface area contributed by atoms with E-state index in [2.05, 4.69) is 0 Å². The van der Waals surface area contributed by atoms with Crippen LogP contribution in [0.4, 0.5) is 5.69 Å². The molecule has 1 aromatic carbocycles. The Morgan fingerprint density at radius 2 is 2.07 bits per heavy atom. The van der Waals surface area contributed by atoms with Crippen molar-refractivity contribution in [3.05, 3.63) is 29.3 Å². The highest BCUT2D eigenvalue weighted by atomic mass is 16.5. The van der Waals surface area contributed by atoms with Gasteiger partial charge in [-0.15, -0.1) is 0 Å². The molecule has 0 saturated carbocycles. The Hall–Kier alpha value is -1.68. The van der Waals surface area contributed by atoms with Crippen molar-refractivity contribution in [3.8, 4) is 0 Å². The molecule has 0 saturated heterocycles. The number of carbonyl (C=O) groups is 2. The van der Waals surface area contributed by atoms with Crippen LogP contribution in [-0.4, -0.2) is 25.5 Å². The monoisotopic (exact) mass is 205 g/mol. The van der Waals surface area contributed by atoms with Crippen molar-refractivity contribution in [3.63, 3.8) is 0 Å². The molecule has 2 rings (SSSR count). The summed E-state index contributed by atoms with van der Waals surface area (Å²) >= 11 is 0. The fourth-order valence-electron chi connectivity index (χ4n) is 1.67. The molecule has 4 heteroatoms. The molecule has 0 radical (unpaired) electrons. The number of methoxy groups -OCH3 is 1. The minimum absolute atomic E-state index is 0.112. The Labute approximate surface area is 87.4 Å². The maximum atomic E-state index is 11.6. The predicted octanol–water partition coefficient (Wildman–Crippen LogP) is 1.13. The highest BCUT2D eigenvalue weighted by Crippen LogP contribution is 2.29. The zero-order valence-electron chi connectivity index (χ0n) is 8.61. The van der Waals surface area contributed by atoms with Crippen LogP contribution in [0.25, 0.3) is 0 Å². The number of anilines is 1. The maximum absolute atomic E-state index is 11.6. The smallest absolute Gasteiger partial charge is 0.301 e. The van der Waals surface area contributed by atoms with Gasteiger partial charge in [-0.1, -0.05) is 11.6 Å². The third-order valence-electron chi connectivity index (χ3n) is 2.39. The summed E-state index contributed by atoms with van der Waals surface area (Å²) in [5, 5.41) is 0. The van der Waals surface area contributed by atoms with Crippen LogP contribution in [0.1, 0.15) is 15.9 Å². The summed E-state index contributed by atoms with van der Waals surface area (Å²) in [5.41, 5.74) is 2.07. The number of fused-ring (bicyclic) bond motifs is 1. The summed E-state index contributed by atoms with van der Waals surface area (Å²) in [6.45, 7) is 2.00. The average Bonchev–Trinajstić information content (AvgIpc) is 2.44. The van der Waals surface area contributed by atoms with Gasteiger partial charge >= 0.3 is 5.91 Å². The Morgan fingerprint density at radius 3 is 2.73 bits per heavy atom. The second-order valence-corrected chi connectivity index (χ2v) is 3.50. The van der Waals surface area contributed by atoms with Crippen LogP contribution in [0, 0.1) is 6.92 Å². The zero-order valence-corrected chi connectivity index (χ0v) is 8.61. The predicted molar refractivity (Wildman–Crippen MR) is 54.9 cm³/mol. The van der Waals surface area contributed by atoms with Crippen LogP contribution in [0.2, 0.25) is 0 Å². The van der Waals surface area contributed by atoms with Gasteiger partial charge in [0, 0.05) is 7.11 Å². The van der Waals surface area contributed by atoms with E-state index in [1.54, 1.807) is 12.1 Å². The lowest BCUT2D eigenvalue weighted by molar-refractivity contribution is -0.115. The number of rotatable bonds is 2. The molecule has 0 unspecified atom stereocenters. The number of hydrogen-bond acceptors (Lipinski definition) is 3. The van der Waals surface area contributed by atoms with Crippen LogP contribution in [0.5, 0.6) is 0 Å². The molecule has 78 valence electrons. The van der Waals surface area contributed by atoms with Crippen LogP contribution in [0.15, 0.2) is 18.2 Å². The molecule has 15 heavy (non-hydrogen) atoms. The summed E-state index contributed by atoms with van der Waals surface area (Å²) in [7, 11) is 1.49. The van der Waals surface area contributed by atoms with Gasteiger partial charge in [-0.3, -0.25) is 14.5 Å². The number of benzene rings is 1. The topological polar surface area (TPSA) is 46.6 Å². The Morgan fingerprint density at radius 1 is 1.33 bits per heavy atom. The Bertz CT molecular complexity index is 439. The fraction of sp³-hybridized carbons (Fsp3) is 0.273. The van der Waals surface area contributed by atoms with Crippen molar-refractivity contribution in [2.75, 3.05) is 18.7 Å². The number of ether oxygens (including phenoxy) is 1. The molecule has 1 aromatic rings. The number of aryl methyl sites for hydroxylation is 1. The fourth-order valence-corrected chi connectivity index (χ4v) is 1.67. The maximum Gasteiger partial charge on any atom is 0.301 e. The summed E-state index contributed by atoms with van der Waals surface area (Å²) in [6.07, 6.45) is 0. The molecule has 4 nitrogen and oxygen atoms in total. The third kappa shape index (κ3) is 1.43. The second kappa shape index (κ2) is 3.47. The van der Waals surface area contributed by atoms with Crippen molar-refractivity contribution >= 4 is 17.4 Å². The molecular formula is C11H11NO3. The highest BCUT2D eigenvalue weighted by Gasteiger charge is 2.35. The van der Waals surface area contributed by atoms with Crippen molar-refractivity contribution in [1.82, 2.24) is 0 Å². The van der Waals surface area contributed by atoms with E-state index in [1.807, 2.05) is 13.0 Å². The first kappa shape index (κ1) is 9.86. The van der Waals surface area contributed by atoms with E-state index in [9.17, 15) is 9.59 Å². The number of amides is 1. The van der Waals surface area contributed by atoms with E-state index in [0.717, 1.165) is 5.56 Å². The molecule has 0 aliphatic carbocycles. The molecule has 0 aromatic heterocycles. The number of nitrogens with zero attached hydrogens (tertiary/aromatic N) is 1. The largest absolute Gasteiger partial charge is 0.364 e. The van der Waals surface area contributed by atoms with E-state index < -0.39 is 11.7 Å². The quantitative estimate of drug-likeness (QED) is 0.680.